The van der Waals surface area contributed by atoms with Gasteiger partial charge in [0.05, 0.1) is 10.9 Å². The maximum absolute atomic E-state index is 13.1. The summed E-state index contributed by atoms with van der Waals surface area (Å²) in [7, 11) is -3.53. The Morgan fingerprint density at radius 1 is 1.05 bits per heavy atom. The van der Waals surface area contributed by atoms with Crippen molar-refractivity contribution in [3.8, 4) is 0 Å². The molecule has 1 fully saturated rings. The molecule has 0 N–H and O–H groups in total. The van der Waals surface area contributed by atoms with Crippen molar-refractivity contribution in [2.45, 2.75) is 23.8 Å². The zero-order valence-corrected chi connectivity index (χ0v) is 15.7. The molecule has 0 spiro atoms. The highest BCUT2D eigenvalue weighted by atomic mass is 79.9. The van der Waals surface area contributed by atoms with Crippen molar-refractivity contribution in [2.75, 3.05) is 6.54 Å². The number of hydrogen-bond acceptors (Lipinski definition) is 2. The molecule has 0 aliphatic carbocycles. The SMILES string of the molecule is O=S(=O)(c1cc(Br)ccc1Br)N1CCC[C@@H]1c1ccccc1. The van der Waals surface area contributed by atoms with Crippen LogP contribution in [-0.4, -0.2) is 19.3 Å². The molecule has 1 saturated heterocycles. The average Bonchev–Trinajstić information content (AvgIpc) is 3.01. The van der Waals surface area contributed by atoms with Crippen molar-refractivity contribution < 1.29 is 8.42 Å². The molecule has 22 heavy (non-hydrogen) atoms. The van der Waals surface area contributed by atoms with E-state index in [4.69, 9.17) is 0 Å². The number of rotatable bonds is 3. The Kier molecular flexibility index (Phi) is 4.73. The molecule has 0 unspecified atom stereocenters. The molecule has 6 heteroatoms. The summed E-state index contributed by atoms with van der Waals surface area (Å²) in [6.07, 6.45) is 1.74. The van der Waals surface area contributed by atoms with Gasteiger partial charge in [0, 0.05) is 15.5 Å². The highest BCUT2D eigenvalue weighted by Gasteiger charge is 2.37. The summed E-state index contributed by atoms with van der Waals surface area (Å²) in [4.78, 5) is 0.310. The lowest BCUT2D eigenvalue weighted by atomic mass is 10.1. The molecule has 116 valence electrons. The van der Waals surface area contributed by atoms with Gasteiger partial charge in [-0.05, 0) is 52.5 Å². The number of hydrogen-bond donors (Lipinski definition) is 0. The summed E-state index contributed by atoms with van der Waals surface area (Å²) in [6, 6.07) is 15.0. The van der Waals surface area contributed by atoms with E-state index in [0.717, 1.165) is 22.9 Å². The highest BCUT2D eigenvalue weighted by Crippen LogP contribution is 2.38. The van der Waals surface area contributed by atoms with Gasteiger partial charge in [0.1, 0.15) is 0 Å². The predicted molar refractivity (Wildman–Crippen MR) is 94.2 cm³/mol. The number of benzene rings is 2. The molecule has 3 nitrogen and oxygen atoms in total. The van der Waals surface area contributed by atoms with Crippen LogP contribution in [0.2, 0.25) is 0 Å². The molecule has 2 aromatic carbocycles. The summed E-state index contributed by atoms with van der Waals surface area (Å²) in [5.74, 6) is 0. The topological polar surface area (TPSA) is 37.4 Å². The van der Waals surface area contributed by atoms with Gasteiger partial charge < -0.3 is 0 Å². The van der Waals surface area contributed by atoms with Crippen LogP contribution in [0.4, 0.5) is 0 Å². The molecule has 1 heterocycles. The summed E-state index contributed by atoms with van der Waals surface area (Å²) in [5, 5.41) is 0. The van der Waals surface area contributed by atoms with Gasteiger partial charge in [0.15, 0.2) is 0 Å². The van der Waals surface area contributed by atoms with Crippen LogP contribution in [0.3, 0.4) is 0 Å². The first-order valence-electron chi connectivity index (χ1n) is 7.02. The Balaban J connectivity index is 2.03. The van der Waals surface area contributed by atoms with Crippen molar-refractivity contribution in [2.24, 2.45) is 0 Å². The van der Waals surface area contributed by atoms with Crippen LogP contribution in [-0.2, 0) is 10.0 Å². The summed E-state index contributed by atoms with van der Waals surface area (Å²) >= 11 is 6.72. The van der Waals surface area contributed by atoms with Crippen molar-refractivity contribution >= 4 is 41.9 Å². The molecule has 1 aliphatic rings. The smallest absolute Gasteiger partial charge is 0.207 e. The quantitative estimate of drug-likeness (QED) is 0.685. The van der Waals surface area contributed by atoms with E-state index in [0.29, 0.717) is 15.9 Å². The van der Waals surface area contributed by atoms with Gasteiger partial charge in [-0.15, -0.1) is 0 Å². The van der Waals surface area contributed by atoms with E-state index >= 15 is 0 Å². The van der Waals surface area contributed by atoms with Gasteiger partial charge >= 0.3 is 0 Å². The lowest BCUT2D eigenvalue weighted by Gasteiger charge is -2.25. The van der Waals surface area contributed by atoms with Crippen LogP contribution in [0, 0.1) is 0 Å². The zero-order chi connectivity index (χ0) is 15.7. The third kappa shape index (κ3) is 3.02. The molecule has 3 rings (SSSR count). The normalized spacial score (nSPS) is 19.5. The number of sulfonamides is 1. The molecule has 0 amide bonds. The predicted octanol–water partition coefficient (Wildman–Crippen LogP) is 4.74. The molecular formula is C16H15Br2NO2S. The minimum atomic E-state index is -3.53. The molecule has 0 radical (unpaired) electrons. The van der Waals surface area contributed by atoms with Crippen LogP contribution in [0.5, 0.6) is 0 Å². The van der Waals surface area contributed by atoms with E-state index in [1.165, 1.54) is 0 Å². The van der Waals surface area contributed by atoms with Crippen LogP contribution in [0.1, 0.15) is 24.4 Å². The summed E-state index contributed by atoms with van der Waals surface area (Å²) in [5.41, 5.74) is 1.05. The van der Waals surface area contributed by atoms with E-state index in [-0.39, 0.29) is 6.04 Å². The lowest BCUT2D eigenvalue weighted by Crippen LogP contribution is -2.31. The van der Waals surface area contributed by atoms with Crippen molar-refractivity contribution in [3.63, 3.8) is 0 Å². The van der Waals surface area contributed by atoms with Gasteiger partial charge in [-0.3, -0.25) is 0 Å². The maximum Gasteiger partial charge on any atom is 0.244 e. The Bertz CT molecular complexity index is 778. The monoisotopic (exact) mass is 443 g/mol. The average molecular weight is 445 g/mol. The Morgan fingerprint density at radius 2 is 1.77 bits per heavy atom. The molecule has 1 aliphatic heterocycles. The Hall–Kier alpha value is -0.690. The first-order chi connectivity index (χ1) is 10.5. The van der Waals surface area contributed by atoms with Gasteiger partial charge in [0.2, 0.25) is 10.0 Å². The van der Waals surface area contributed by atoms with E-state index < -0.39 is 10.0 Å². The van der Waals surface area contributed by atoms with Crippen molar-refractivity contribution in [1.82, 2.24) is 4.31 Å². The Labute approximate surface area is 147 Å². The fourth-order valence-corrected chi connectivity index (χ4v) is 5.98. The second-order valence-electron chi connectivity index (χ2n) is 5.26. The van der Waals surface area contributed by atoms with Crippen molar-refractivity contribution in [3.05, 3.63) is 63.0 Å². The first-order valence-corrected chi connectivity index (χ1v) is 10.0. The van der Waals surface area contributed by atoms with Crippen molar-refractivity contribution in [1.29, 1.82) is 0 Å². The highest BCUT2D eigenvalue weighted by molar-refractivity contribution is 9.11. The van der Waals surface area contributed by atoms with Crippen LogP contribution in [0.25, 0.3) is 0 Å². The third-order valence-corrected chi connectivity index (χ3v) is 7.26. The van der Waals surface area contributed by atoms with Gasteiger partial charge in [-0.25, -0.2) is 8.42 Å². The molecule has 2 aromatic rings. The van der Waals surface area contributed by atoms with E-state index in [9.17, 15) is 8.42 Å². The van der Waals surface area contributed by atoms with Crippen LogP contribution >= 0.6 is 31.9 Å². The standard InChI is InChI=1S/C16H15Br2NO2S/c17-13-8-9-14(18)16(11-13)22(20,21)19-10-4-7-15(19)12-5-2-1-3-6-12/h1-3,5-6,8-9,11,15H,4,7,10H2/t15-/m1/s1. The van der Waals surface area contributed by atoms with Crippen LogP contribution < -0.4 is 0 Å². The van der Waals surface area contributed by atoms with Gasteiger partial charge in [0.25, 0.3) is 0 Å². The number of nitrogens with zero attached hydrogens (tertiary/aromatic N) is 1. The lowest BCUT2D eigenvalue weighted by molar-refractivity contribution is 0.396. The molecule has 0 bridgehead atoms. The zero-order valence-electron chi connectivity index (χ0n) is 11.7. The van der Waals surface area contributed by atoms with E-state index in [2.05, 4.69) is 31.9 Å². The fourth-order valence-electron chi connectivity index (χ4n) is 2.84. The maximum atomic E-state index is 13.1. The second kappa shape index (κ2) is 6.43. The number of halogens is 2. The van der Waals surface area contributed by atoms with E-state index in [1.54, 1.807) is 16.4 Å². The fraction of sp³-hybridized carbons (Fsp3) is 0.250. The minimum absolute atomic E-state index is 0.0860. The second-order valence-corrected chi connectivity index (χ2v) is 8.89. The van der Waals surface area contributed by atoms with E-state index in [1.807, 2.05) is 36.4 Å². The molecule has 1 atom stereocenters. The largest absolute Gasteiger partial charge is 0.244 e. The summed E-state index contributed by atoms with van der Waals surface area (Å²) < 4.78 is 29.1. The molecule has 0 aromatic heterocycles. The molecule has 0 saturated carbocycles. The summed E-state index contributed by atoms with van der Waals surface area (Å²) in [6.45, 7) is 0.556. The van der Waals surface area contributed by atoms with Gasteiger partial charge in [-0.1, -0.05) is 46.3 Å². The third-order valence-electron chi connectivity index (χ3n) is 3.87. The first kappa shape index (κ1) is 16.2. The van der Waals surface area contributed by atoms with Crippen LogP contribution in [0.15, 0.2) is 62.4 Å². The Morgan fingerprint density at radius 3 is 2.50 bits per heavy atom. The minimum Gasteiger partial charge on any atom is -0.207 e. The van der Waals surface area contributed by atoms with Gasteiger partial charge in [-0.2, -0.15) is 4.31 Å². The molecular weight excluding hydrogens is 430 g/mol.